The van der Waals surface area contributed by atoms with Gasteiger partial charge in [-0.15, -0.1) is 0 Å². The first-order valence-corrected chi connectivity index (χ1v) is 5.49. The third kappa shape index (κ3) is 2.54. The predicted octanol–water partition coefficient (Wildman–Crippen LogP) is 1.82. The minimum absolute atomic E-state index is 0.265. The van der Waals surface area contributed by atoms with Gasteiger partial charge in [0.2, 0.25) is 0 Å². The van der Waals surface area contributed by atoms with Gasteiger partial charge in [-0.3, -0.25) is 0 Å². The van der Waals surface area contributed by atoms with E-state index in [1.54, 1.807) is 7.11 Å². The number of rotatable bonds is 4. The zero-order valence-electron chi connectivity index (χ0n) is 10.8. The Bertz CT molecular complexity index is 330. The molecule has 3 nitrogen and oxygen atoms in total. The summed E-state index contributed by atoms with van der Waals surface area (Å²) in [4.78, 5) is 2.13. The van der Waals surface area contributed by atoms with E-state index in [1.165, 1.54) is 0 Å². The molecule has 0 aliphatic rings. The molecule has 0 radical (unpaired) electrons. The van der Waals surface area contributed by atoms with Crippen molar-refractivity contribution in [1.29, 1.82) is 0 Å². The molecule has 2 atom stereocenters. The van der Waals surface area contributed by atoms with Crippen LogP contribution >= 0.6 is 0 Å². The summed E-state index contributed by atoms with van der Waals surface area (Å²) in [7, 11) is 5.75. The smallest absolute Gasteiger partial charge is 0.118 e. The number of methoxy groups -OCH3 is 1. The highest BCUT2D eigenvalue weighted by Crippen LogP contribution is 2.25. The molecule has 0 aliphatic carbocycles. The summed E-state index contributed by atoms with van der Waals surface area (Å²) < 4.78 is 5.14. The zero-order valence-corrected chi connectivity index (χ0v) is 10.8. The van der Waals surface area contributed by atoms with Crippen LogP contribution in [0.1, 0.15) is 19.4 Å². The number of hydrogen-bond acceptors (Lipinski definition) is 3. The molecule has 2 N–H and O–H groups in total. The van der Waals surface area contributed by atoms with E-state index in [4.69, 9.17) is 10.5 Å². The van der Waals surface area contributed by atoms with Gasteiger partial charge in [0, 0.05) is 6.04 Å². The van der Waals surface area contributed by atoms with Crippen molar-refractivity contribution < 1.29 is 4.74 Å². The van der Waals surface area contributed by atoms with Gasteiger partial charge < -0.3 is 15.4 Å². The van der Waals surface area contributed by atoms with Gasteiger partial charge in [-0.25, -0.2) is 0 Å². The number of hydrogen-bond donors (Lipinski definition) is 1. The number of nitrogens with zero attached hydrogens (tertiary/aromatic N) is 1. The Morgan fingerprint density at radius 3 is 2.12 bits per heavy atom. The molecule has 0 fully saturated rings. The van der Waals surface area contributed by atoms with E-state index in [-0.39, 0.29) is 11.6 Å². The average Bonchev–Trinajstić information content (AvgIpc) is 2.28. The summed E-state index contributed by atoms with van der Waals surface area (Å²) >= 11 is 0. The van der Waals surface area contributed by atoms with Crippen molar-refractivity contribution in [3.63, 3.8) is 0 Å². The first-order chi connectivity index (χ1) is 7.39. The Morgan fingerprint density at radius 2 is 1.75 bits per heavy atom. The van der Waals surface area contributed by atoms with Crippen LogP contribution < -0.4 is 10.5 Å². The highest BCUT2D eigenvalue weighted by Gasteiger charge is 2.29. The minimum atomic E-state index is -0.365. The molecule has 16 heavy (non-hydrogen) atoms. The summed E-state index contributed by atoms with van der Waals surface area (Å²) in [6, 6.07) is 8.21. The summed E-state index contributed by atoms with van der Waals surface area (Å²) in [5.41, 5.74) is 7.15. The van der Waals surface area contributed by atoms with Crippen LogP contribution in [0, 0.1) is 0 Å². The van der Waals surface area contributed by atoms with Crippen LogP contribution in [0.4, 0.5) is 0 Å². The van der Waals surface area contributed by atoms with Crippen LogP contribution in [0.15, 0.2) is 24.3 Å². The van der Waals surface area contributed by atoms with Gasteiger partial charge in [-0.2, -0.15) is 0 Å². The molecule has 0 amide bonds. The van der Waals surface area contributed by atoms with E-state index in [1.807, 2.05) is 38.4 Å². The molecule has 0 saturated carbocycles. The van der Waals surface area contributed by atoms with Gasteiger partial charge in [-0.05, 0) is 45.6 Å². The topological polar surface area (TPSA) is 38.5 Å². The summed E-state index contributed by atoms with van der Waals surface area (Å²) in [5.74, 6) is 0.858. The first-order valence-electron chi connectivity index (χ1n) is 5.49. The number of likely N-dealkylation sites (N-methyl/N-ethyl adjacent to an activating group) is 1. The molecule has 2 unspecified atom stereocenters. The number of benzene rings is 1. The Morgan fingerprint density at radius 1 is 1.25 bits per heavy atom. The second kappa shape index (κ2) is 4.85. The maximum Gasteiger partial charge on any atom is 0.118 e. The van der Waals surface area contributed by atoms with Gasteiger partial charge in [0.1, 0.15) is 5.75 Å². The highest BCUT2D eigenvalue weighted by atomic mass is 16.5. The van der Waals surface area contributed by atoms with Gasteiger partial charge in [0.05, 0.1) is 12.6 Å². The van der Waals surface area contributed by atoms with E-state index in [9.17, 15) is 0 Å². The van der Waals surface area contributed by atoms with E-state index in [0.717, 1.165) is 11.3 Å². The molecule has 0 aromatic heterocycles. The van der Waals surface area contributed by atoms with Crippen molar-refractivity contribution in [2.45, 2.75) is 25.4 Å². The van der Waals surface area contributed by atoms with Gasteiger partial charge in [0.25, 0.3) is 0 Å². The van der Waals surface area contributed by atoms with Crippen molar-refractivity contribution in [3.8, 4) is 5.75 Å². The lowest BCUT2D eigenvalue weighted by atomic mass is 9.86. The molecule has 1 aromatic rings. The van der Waals surface area contributed by atoms with Crippen LogP contribution in [0.2, 0.25) is 0 Å². The molecular weight excluding hydrogens is 200 g/mol. The minimum Gasteiger partial charge on any atom is -0.497 e. The zero-order chi connectivity index (χ0) is 12.3. The standard InChI is InChI=1S/C13H22N2O/c1-10(15(3)4)13(2,14)11-6-8-12(16-5)9-7-11/h6-10H,14H2,1-5H3. The van der Waals surface area contributed by atoms with Crippen LogP contribution in [0.5, 0.6) is 5.75 Å². The van der Waals surface area contributed by atoms with Crippen molar-refractivity contribution >= 4 is 0 Å². The SMILES string of the molecule is COc1ccc(C(C)(N)C(C)N(C)C)cc1. The lowest BCUT2D eigenvalue weighted by molar-refractivity contribution is 0.207. The van der Waals surface area contributed by atoms with Crippen molar-refractivity contribution in [1.82, 2.24) is 4.90 Å². The third-order valence-corrected chi connectivity index (χ3v) is 3.35. The predicted molar refractivity (Wildman–Crippen MR) is 67.7 cm³/mol. The third-order valence-electron chi connectivity index (χ3n) is 3.35. The Kier molecular flexibility index (Phi) is 3.94. The lowest BCUT2D eigenvalue weighted by Crippen LogP contribution is -2.50. The quantitative estimate of drug-likeness (QED) is 0.844. The first kappa shape index (κ1) is 13.0. The highest BCUT2D eigenvalue weighted by molar-refractivity contribution is 5.32. The molecule has 0 aliphatic heterocycles. The molecule has 90 valence electrons. The fraction of sp³-hybridized carbons (Fsp3) is 0.538. The molecule has 1 rings (SSSR count). The molecular formula is C13H22N2O. The second-order valence-corrected chi connectivity index (χ2v) is 4.65. The second-order valence-electron chi connectivity index (χ2n) is 4.65. The summed E-state index contributed by atoms with van der Waals surface area (Å²) in [6.07, 6.45) is 0. The molecule has 0 bridgehead atoms. The van der Waals surface area contributed by atoms with Crippen LogP contribution in [0.25, 0.3) is 0 Å². The normalized spacial score (nSPS) is 16.9. The maximum atomic E-state index is 6.39. The fourth-order valence-electron chi connectivity index (χ4n) is 1.73. The van der Waals surface area contributed by atoms with Crippen LogP contribution in [-0.4, -0.2) is 32.1 Å². The average molecular weight is 222 g/mol. The summed E-state index contributed by atoms with van der Waals surface area (Å²) in [5, 5.41) is 0. The Hall–Kier alpha value is -1.06. The van der Waals surface area contributed by atoms with E-state index in [2.05, 4.69) is 18.7 Å². The van der Waals surface area contributed by atoms with Gasteiger partial charge in [0.15, 0.2) is 0 Å². The van der Waals surface area contributed by atoms with E-state index in [0.29, 0.717) is 0 Å². The lowest BCUT2D eigenvalue weighted by Gasteiger charge is -2.36. The van der Waals surface area contributed by atoms with E-state index >= 15 is 0 Å². The molecule has 0 heterocycles. The van der Waals surface area contributed by atoms with Gasteiger partial charge in [-0.1, -0.05) is 12.1 Å². The van der Waals surface area contributed by atoms with Gasteiger partial charge >= 0.3 is 0 Å². The fourth-order valence-corrected chi connectivity index (χ4v) is 1.73. The van der Waals surface area contributed by atoms with E-state index < -0.39 is 0 Å². The molecule has 1 aromatic carbocycles. The summed E-state index contributed by atoms with van der Waals surface area (Å²) in [6.45, 7) is 4.18. The molecule has 3 heteroatoms. The molecule has 0 spiro atoms. The van der Waals surface area contributed by atoms with Crippen molar-refractivity contribution in [2.24, 2.45) is 5.73 Å². The van der Waals surface area contributed by atoms with Crippen LogP contribution in [-0.2, 0) is 5.54 Å². The van der Waals surface area contributed by atoms with Crippen LogP contribution in [0.3, 0.4) is 0 Å². The number of nitrogens with two attached hydrogens (primary N) is 1. The molecule has 0 saturated heterocycles. The Labute approximate surface area is 98.2 Å². The van der Waals surface area contributed by atoms with Crippen molar-refractivity contribution in [3.05, 3.63) is 29.8 Å². The van der Waals surface area contributed by atoms with Crippen molar-refractivity contribution in [2.75, 3.05) is 21.2 Å². The maximum absolute atomic E-state index is 6.39. The monoisotopic (exact) mass is 222 g/mol. The largest absolute Gasteiger partial charge is 0.497 e. The number of ether oxygens (including phenoxy) is 1. The Balaban J connectivity index is 2.97.